The van der Waals surface area contributed by atoms with Gasteiger partial charge in [0.25, 0.3) is 0 Å². The van der Waals surface area contributed by atoms with Crippen LogP contribution in [0, 0.1) is 23.2 Å². The van der Waals surface area contributed by atoms with Gasteiger partial charge in [-0.2, -0.15) is 0 Å². The first-order chi connectivity index (χ1) is 9.64. The Bertz CT molecular complexity index is 455. The van der Waals surface area contributed by atoms with Crippen molar-refractivity contribution in [3.05, 3.63) is 18.2 Å². The molecule has 4 fully saturated rings. The molecule has 0 aliphatic heterocycles. The Hall–Kier alpha value is -0.830. The summed E-state index contributed by atoms with van der Waals surface area (Å²) in [4.78, 5) is 4.44. The molecule has 0 saturated heterocycles. The minimum absolute atomic E-state index is 0.382. The number of rotatable bonds is 4. The van der Waals surface area contributed by atoms with Gasteiger partial charge in [0.05, 0.1) is 0 Å². The molecule has 4 aliphatic carbocycles. The lowest BCUT2D eigenvalue weighted by Gasteiger charge is -2.59. The third-order valence-electron chi connectivity index (χ3n) is 6.47. The van der Waals surface area contributed by atoms with Gasteiger partial charge in [-0.25, -0.2) is 4.98 Å². The molecule has 4 saturated carbocycles. The first-order valence-corrected chi connectivity index (χ1v) is 8.36. The molecule has 3 heteroatoms. The molecular weight excluding hydrogens is 246 g/mol. The van der Waals surface area contributed by atoms with Crippen molar-refractivity contribution < 1.29 is 0 Å². The maximum atomic E-state index is 6.70. The van der Waals surface area contributed by atoms with Crippen LogP contribution < -0.4 is 5.73 Å². The van der Waals surface area contributed by atoms with E-state index in [4.69, 9.17) is 5.73 Å². The van der Waals surface area contributed by atoms with Gasteiger partial charge in [-0.3, -0.25) is 0 Å². The molecule has 1 heterocycles. The van der Waals surface area contributed by atoms with E-state index < -0.39 is 0 Å². The summed E-state index contributed by atoms with van der Waals surface area (Å²) in [7, 11) is 2.08. The molecule has 4 aliphatic rings. The SMILES string of the molecule is Cn1ccnc1CCC(N)C12CC3CC(CC(C3)C1)C2. The number of nitrogens with two attached hydrogens (primary N) is 1. The highest BCUT2D eigenvalue weighted by atomic mass is 15.0. The summed E-state index contributed by atoms with van der Waals surface area (Å²) in [5.41, 5.74) is 7.19. The Morgan fingerprint density at radius 3 is 2.35 bits per heavy atom. The first-order valence-electron chi connectivity index (χ1n) is 8.36. The van der Waals surface area contributed by atoms with Gasteiger partial charge in [-0.15, -0.1) is 0 Å². The molecule has 0 spiro atoms. The Labute approximate surface area is 122 Å². The van der Waals surface area contributed by atoms with Crippen molar-refractivity contribution in [3.8, 4) is 0 Å². The van der Waals surface area contributed by atoms with E-state index in [1.54, 1.807) is 0 Å². The number of aromatic nitrogens is 2. The molecule has 20 heavy (non-hydrogen) atoms. The third kappa shape index (κ3) is 2.02. The van der Waals surface area contributed by atoms with Crippen molar-refractivity contribution >= 4 is 0 Å². The van der Waals surface area contributed by atoms with Crippen molar-refractivity contribution in [2.24, 2.45) is 36.0 Å². The van der Waals surface area contributed by atoms with Gasteiger partial charge >= 0.3 is 0 Å². The van der Waals surface area contributed by atoms with Crippen LogP contribution in [0.15, 0.2) is 12.4 Å². The van der Waals surface area contributed by atoms with E-state index in [1.165, 1.54) is 44.3 Å². The zero-order valence-corrected chi connectivity index (χ0v) is 12.6. The normalized spacial score (nSPS) is 40.2. The number of nitrogens with zero attached hydrogens (tertiary/aromatic N) is 2. The molecule has 4 bridgehead atoms. The van der Waals surface area contributed by atoms with Crippen LogP contribution in [0.5, 0.6) is 0 Å². The van der Waals surface area contributed by atoms with E-state index in [2.05, 4.69) is 16.6 Å². The second kappa shape index (κ2) is 4.59. The van der Waals surface area contributed by atoms with Gasteiger partial charge in [0, 0.05) is 31.9 Å². The molecule has 3 nitrogen and oxygen atoms in total. The second-order valence-electron chi connectivity index (χ2n) is 7.88. The number of hydrogen-bond donors (Lipinski definition) is 1. The van der Waals surface area contributed by atoms with E-state index >= 15 is 0 Å². The Morgan fingerprint density at radius 2 is 1.85 bits per heavy atom. The van der Waals surface area contributed by atoms with Gasteiger partial charge < -0.3 is 10.3 Å². The van der Waals surface area contributed by atoms with Gasteiger partial charge in [0.2, 0.25) is 0 Å². The summed E-state index contributed by atoms with van der Waals surface area (Å²) in [5, 5.41) is 0. The molecule has 2 N–H and O–H groups in total. The molecule has 5 rings (SSSR count). The molecule has 110 valence electrons. The molecular formula is C17H27N3. The number of aryl methyl sites for hydroxylation is 2. The summed E-state index contributed by atoms with van der Waals surface area (Å²) >= 11 is 0. The average Bonchev–Trinajstić information content (AvgIpc) is 2.80. The third-order valence-corrected chi connectivity index (χ3v) is 6.47. The van der Waals surface area contributed by atoms with Gasteiger partial charge in [-0.05, 0) is 68.1 Å². The molecule has 1 unspecified atom stereocenters. The highest BCUT2D eigenvalue weighted by molar-refractivity contribution is 5.06. The first kappa shape index (κ1) is 12.9. The van der Waals surface area contributed by atoms with E-state index in [0.29, 0.717) is 11.5 Å². The molecule has 0 amide bonds. The monoisotopic (exact) mass is 273 g/mol. The van der Waals surface area contributed by atoms with Crippen molar-refractivity contribution in [2.45, 2.75) is 57.4 Å². The topological polar surface area (TPSA) is 43.8 Å². The Morgan fingerprint density at radius 1 is 1.25 bits per heavy atom. The van der Waals surface area contributed by atoms with Crippen LogP contribution in [0.1, 0.15) is 50.8 Å². The fourth-order valence-electron chi connectivity index (χ4n) is 5.86. The van der Waals surface area contributed by atoms with Crippen LogP contribution in [-0.4, -0.2) is 15.6 Å². The van der Waals surface area contributed by atoms with Crippen LogP contribution in [0.4, 0.5) is 0 Å². The zero-order chi connectivity index (χ0) is 13.7. The van der Waals surface area contributed by atoms with Crippen molar-refractivity contribution in [2.75, 3.05) is 0 Å². The summed E-state index contributed by atoms with van der Waals surface area (Å²) in [6.07, 6.45) is 14.8. The Kier molecular flexibility index (Phi) is 2.95. The van der Waals surface area contributed by atoms with Gasteiger partial charge in [0.15, 0.2) is 0 Å². The van der Waals surface area contributed by atoms with E-state index in [-0.39, 0.29) is 0 Å². The van der Waals surface area contributed by atoms with Crippen molar-refractivity contribution in [1.29, 1.82) is 0 Å². The molecule has 1 aromatic rings. The van der Waals surface area contributed by atoms with Crippen molar-refractivity contribution in [1.82, 2.24) is 9.55 Å². The summed E-state index contributed by atoms with van der Waals surface area (Å²) in [5.74, 6) is 4.19. The van der Waals surface area contributed by atoms with Crippen LogP contribution in [0.2, 0.25) is 0 Å². The Balaban J connectivity index is 1.45. The quantitative estimate of drug-likeness (QED) is 0.916. The second-order valence-corrected chi connectivity index (χ2v) is 7.88. The highest BCUT2D eigenvalue weighted by Gasteiger charge is 2.53. The molecule has 0 aromatic carbocycles. The lowest BCUT2D eigenvalue weighted by molar-refractivity contribution is -0.0681. The van der Waals surface area contributed by atoms with Crippen LogP contribution >= 0.6 is 0 Å². The van der Waals surface area contributed by atoms with Crippen LogP contribution in [-0.2, 0) is 13.5 Å². The van der Waals surface area contributed by atoms with Gasteiger partial charge in [0.1, 0.15) is 5.82 Å². The number of imidazole rings is 1. The molecule has 1 atom stereocenters. The zero-order valence-electron chi connectivity index (χ0n) is 12.6. The lowest BCUT2D eigenvalue weighted by Crippen LogP contribution is -2.54. The van der Waals surface area contributed by atoms with E-state index in [0.717, 1.165) is 30.6 Å². The highest BCUT2D eigenvalue weighted by Crippen LogP contribution is 2.61. The largest absolute Gasteiger partial charge is 0.338 e. The summed E-state index contributed by atoms with van der Waals surface area (Å²) in [6.45, 7) is 0. The molecule has 1 aromatic heterocycles. The smallest absolute Gasteiger partial charge is 0.108 e. The standard InChI is InChI=1S/C17H27N3/c1-20-5-4-19-16(20)3-2-15(18)17-9-12-6-13(10-17)8-14(7-12)11-17/h4-5,12-15H,2-3,6-11,18H2,1H3. The van der Waals surface area contributed by atoms with Crippen LogP contribution in [0.3, 0.4) is 0 Å². The van der Waals surface area contributed by atoms with E-state index in [1.807, 2.05) is 12.4 Å². The fourth-order valence-corrected chi connectivity index (χ4v) is 5.86. The average molecular weight is 273 g/mol. The van der Waals surface area contributed by atoms with Crippen molar-refractivity contribution in [3.63, 3.8) is 0 Å². The maximum Gasteiger partial charge on any atom is 0.108 e. The lowest BCUT2D eigenvalue weighted by atomic mass is 9.47. The minimum atomic E-state index is 0.382. The van der Waals surface area contributed by atoms with Gasteiger partial charge in [-0.1, -0.05) is 0 Å². The molecule has 0 radical (unpaired) electrons. The van der Waals surface area contributed by atoms with Crippen LogP contribution in [0.25, 0.3) is 0 Å². The fraction of sp³-hybridized carbons (Fsp3) is 0.824. The maximum absolute atomic E-state index is 6.70. The summed E-state index contributed by atoms with van der Waals surface area (Å²) < 4.78 is 2.13. The van der Waals surface area contributed by atoms with E-state index in [9.17, 15) is 0 Å². The summed E-state index contributed by atoms with van der Waals surface area (Å²) in [6, 6.07) is 0.382. The predicted octanol–water partition coefficient (Wildman–Crippen LogP) is 2.90. The minimum Gasteiger partial charge on any atom is -0.338 e. The predicted molar refractivity (Wildman–Crippen MR) is 80.1 cm³/mol. The number of hydrogen-bond acceptors (Lipinski definition) is 2.